The van der Waals surface area contributed by atoms with Crippen molar-refractivity contribution in [2.45, 2.75) is 13.8 Å². The Morgan fingerprint density at radius 3 is 2.78 bits per heavy atom. The second-order valence-corrected chi connectivity index (χ2v) is 6.23. The molecule has 0 atom stereocenters. The van der Waals surface area contributed by atoms with Crippen LogP contribution in [0.15, 0.2) is 47.8 Å². The minimum atomic E-state index is -0.941. The maximum absolute atomic E-state index is 11.0. The van der Waals surface area contributed by atoms with E-state index in [0.717, 1.165) is 16.4 Å². The van der Waals surface area contributed by atoms with Crippen molar-refractivity contribution < 1.29 is 9.90 Å². The number of carbonyl (C=O) groups is 1. The second kappa shape index (κ2) is 6.22. The fraction of sp³-hybridized carbons (Fsp3) is 0.111. The van der Waals surface area contributed by atoms with E-state index in [4.69, 9.17) is 5.11 Å². The molecule has 0 saturated heterocycles. The molecule has 0 saturated carbocycles. The Kier molecular flexibility index (Phi) is 4.12. The van der Waals surface area contributed by atoms with Crippen LogP contribution in [0.3, 0.4) is 0 Å². The fourth-order valence-electron chi connectivity index (χ4n) is 2.32. The molecule has 0 amide bonds. The van der Waals surface area contributed by atoms with Crippen molar-refractivity contribution in [2.24, 2.45) is 0 Å². The molecule has 0 fully saturated rings. The maximum Gasteiger partial charge on any atom is 0.335 e. The van der Waals surface area contributed by atoms with Crippen LogP contribution in [0.25, 0.3) is 11.3 Å². The lowest BCUT2D eigenvalue weighted by Crippen LogP contribution is -1.97. The summed E-state index contributed by atoms with van der Waals surface area (Å²) in [7, 11) is 0. The third kappa shape index (κ3) is 3.40. The molecule has 4 nitrogen and oxygen atoms in total. The summed E-state index contributed by atoms with van der Waals surface area (Å²) in [6.45, 7) is 4.13. The minimum absolute atomic E-state index is 0.251. The van der Waals surface area contributed by atoms with Crippen LogP contribution in [0.1, 0.15) is 21.5 Å². The number of hydrogen-bond acceptors (Lipinski definition) is 4. The van der Waals surface area contributed by atoms with E-state index in [9.17, 15) is 4.79 Å². The van der Waals surface area contributed by atoms with Crippen molar-refractivity contribution in [1.82, 2.24) is 4.98 Å². The Balaban J connectivity index is 1.86. The normalized spacial score (nSPS) is 10.5. The quantitative estimate of drug-likeness (QED) is 0.719. The molecule has 23 heavy (non-hydrogen) atoms. The Hall–Kier alpha value is -2.66. The van der Waals surface area contributed by atoms with E-state index in [2.05, 4.69) is 42.3 Å². The lowest BCUT2D eigenvalue weighted by atomic mass is 10.0. The Morgan fingerprint density at radius 2 is 2.00 bits per heavy atom. The highest BCUT2D eigenvalue weighted by atomic mass is 32.1. The average Bonchev–Trinajstić information content (AvgIpc) is 2.98. The van der Waals surface area contributed by atoms with E-state index in [0.29, 0.717) is 5.69 Å². The van der Waals surface area contributed by atoms with E-state index in [-0.39, 0.29) is 5.56 Å². The van der Waals surface area contributed by atoms with E-state index >= 15 is 0 Å². The zero-order valence-corrected chi connectivity index (χ0v) is 13.6. The number of hydrogen-bond donors (Lipinski definition) is 2. The molecule has 5 heteroatoms. The number of nitrogens with zero attached hydrogens (tertiary/aromatic N) is 1. The molecule has 0 unspecified atom stereocenters. The summed E-state index contributed by atoms with van der Waals surface area (Å²) in [4.78, 5) is 15.6. The molecule has 0 aliphatic heterocycles. The van der Waals surface area contributed by atoms with Crippen molar-refractivity contribution in [3.63, 3.8) is 0 Å². The molecular formula is C18H16N2O2S. The molecule has 0 bridgehead atoms. The summed E-state index contributed by atoms with van der Waals surface area (Å²) in [5.41, 5.74) is 5.39. The van der Waals surface area contributed by atoms with Crippen molar-refractivity contribution in [1.29, 1.82) is 0 Å². The van der Waals surface area contributed by atoms with Gasteiger partial charge in [-0.25, -0.2) is 9.78 Å². The van der Waals surface area contributed by atoms with Gasteiger partial charge in [-0.15, -0.1) is 11.3 Å². The summed E-state index contributed by atoms with van der Waals surface area (Å²) in [5.74, 6) is -0.941. The Labute approximate surface area is 138 Å². The van der Waals surface area contributed by atoms with Crippen LogP contribution < -0.4 is 5.32 Å². The predicted molar refractivity (Wildman–Crippen MR) is 93.7 cm³/mol. The highest BCUT2D eigenvalue weighted by Crippen LogP contribution is 2.29. The molecule has 2 N–H and O–H groups in total. The zero-order chi connectivity index (χ0) is 16.4. The van der Waals surface area contributed by atoms with Gasteiger partial charge in [0.2, 0.25) is 0 Å². The van der Waals surface area contributed by atoms with Crippen LogP contribution in [-0.4, -0.2) is 16.1 Å². The fourth-order valence-corrected chi connectivity index (χ4v) is 3.05. The summed E-state index contributed by atoms with van der Waals surface area (Å²) in [5, 5.41) is 15.0. The first-order valence-corrected chi connectivity index (χ1v) is 8.04. The van der Waals surface area contributed by atoms with Gasteiger partial charge in [0.25, 0.3) is 0 Å². The van der Waals surface area contributed by atoms with Gasteiger partial charge in [-0.05, 0) is 43.7 Å². The lowest BCUT2D eigenvalue weighted by molar-refractivity contribution is 0.0697. The number of rotatable bonds is 4. The van der Waals surface area contributed by atoms with Gasteiger partial charge in [0.1, 0.15) is 0 Å². The standard InChI is InChI=1S/C18H16N2O2S/c1-11-6-7-12(2)15(8-11)16-10-23-18(20-16)19-14-5-3-4-13(9-14)17(21)22/h3-10H,1-2H3,(H,19,20)(H,21,22). The van der Waals surface area contributed by atoms with Gasteiger partial charge in [0, 0.05) is 16.6 Å². The van der Waals surface area contributed by atoms with E-state index in [1.165, 1.54) is 22.5 Å². The van der Waals surface area contributed by atoms with Crippen molar-refractivity contribution in [3.05, 3.63) is 64.5 Å². The highest BCUT2D eigenvalue weighted by molar-refractivity contribution is 7.14. The summed E-state index contributed by atoms with van der Waals surface area (Å²) < 4.78 is 0. The van der Waals surface area contributed by atoms with Gasteiger partial charge in [-0.3, -0.25) is 0 Å². The first kappa shape index (κ1) is 15.2. The molecule has 0 spiro atoms. The van der Waals surface area contributed by atoms with Crippen LogP contribution in [0.5, 0.6) is 0 Å². The maximum atomic E-state index is 11.0. The average molecular weight is 324 g/mol. The summed E-state index contributed by atoms with van der Waals surface area (Å²) in [6.07, 6.45) is 0. The van der Waals surface area contributed by atoms with Gasteiger partial charge in [0.15, 0.2) is 5.13 Å². The lowest BCUT2D eigenvalue weighted by Gasteiger charge is -2.05. The van der Waals surface area contributed by atoms with E-state index in [1.54, 1.807) is 18.2 Å². The number of carboxylic acid groups (broad SMARTS) is 1. The number of carboxylic acids is 1. The van der Waals surface area contributed by atoms with Crippen molar-refractivity contribution in [3.8, 4) is 11.3 Å². The molecule has 3 aromatic rings. The number of aromatic carboxylic acids is 1. The first-order valence-electron chi connectivity index (χ1n) is 7.16. The van der Waals surface area contributed by atoms with Crippen LogP contribution in [0.4, 0.5) is 10.8 Å². The molecular weight excluding hydrogens is 308 g/mol. The third-order valence-electron chi connectivity index (χ3n) is 3.53. The predicted octanol–water partition coefficient (Wildman–Crippen LogP) is 4.87. The molecule has 1 aromatic heterocycles. The number of thiazole rings is 1. The zero-order valence-electron chi connectivity index (χ0n) is 12.8. The smallest absolute Gasteiger partial charge is 0.335 e. The van der Waals surface area contributed by atoms with Crippen molar-refractivity contribution in [2.75, 3.05) is 5.32 Å². The topological polar surface area (TPSA) is 62.2 Å². The van der Waals surface area contributed by atoms with Gasteiger partial charge in [0.05, 0.1) is 11.3 Å². The molecule has 3 rings (SSSR count). The molecule has 0 radical (unpaired) electrons. The minimum Gasteiger partial charge on any atom is -0.478 e. The molecule has 1 heterocycles. The van der Waals surface area contributed by atoms with Gasteiger partial charge >= 0.3 is 5.97 Å². The number of benzene rings is 2. The molecule has 2 aromatic carbocycles. The summed E-state index contributed by atoms with van der Waals surface area (Å²) >= 11 is 1.50. The SMILES string of the molecule is Cc1ccc(C)c(-c2csc(Nc3cccc(C(=O)O)c3)n2)c1. The molecule has 0 aliphatic rings. The van der Waals surface area contributed by atoms with E-state index in [1.807, 2.05) is 11.4 Å². The number of aryl methyl sites for hydroxylation is 2. The summed E-state index contributed by atoms with van der Waals surface area (Å²) in [6, 6.07) is 13.0. The second-order valence-electron chi connectivity index (χ2n) is 5.37. The monoisotopic (exact) mass is 324 g/mol. The van der Waals surface area contributed by atoms with Gasteiger partial charge < -0.3 is 10.4 Å². The molecule has 0 aliphatic carbocycles. The Morgan fingerprint density at radius 1 is 1.17 bits per heavy atom. The van der Waals surface area contributed by atoms with Gasteiger partial charge in [-0.1, -0.05) is 23.8 Å². The van der Waals surface area contributed by atoms with Crippen molar-refractivity contribution >= 4 is 28.1 Å². The molecule has 116 valence electrons. The van der Waals surface area contributed by atoms with Crippen LogP contribution in [0.2, 0.25) is 0 Å². The largest absolute Gasteiger partial charge is 0.478 e. The highest BCUT2D eigenvalue weighted by Gasteiger charge is 2.09. The Bertz CT molecular complexity index is 871. The van der Waals surface area contributed by atoms with Gasteiger partial charge in [-0.2, -0.15) is 0 Å². The first-order chi connectivity index (χ1) is 11.0. The van der Waals surface area contributed by atoms with Crippen LogP contribution >= 0.6 is 11.3 Å². The van der Waals surface area contributed by atoms with E-state index < -0.39 is 5.97 Å². The number of aromatic nitrogens is 1. The number of nitrogens with one attached hydrogen (secondary N) is 1. The third-order valence-corrected chi connectivity index (χ3v) is 4.29. The van der Waals surface area contributed by atoms with Crippen LogP contribution in [-0.2, 0) is 0 Å². The number of anilines is 2. The van der Waals surface area contributed by atoms with Crippen LogP contribution in [0, 0.1) is 13.8 Å².